The fourth-order valence-corrected chi connectivity index (χ4v) is 2.67. The van der Waals surface area contributed by atoms with Gasteiger partial charge in [-0.3, -0.25) is 9.59 Å². The van der Waals surface area contributed by atoms with Gasteiger partial charge in [-0.25, -0.2) is 8.78 Å². The SMILES string of the molecule is O=C(Nc1c(F)cccc1F)c1ccc(N2CCCCC2=O)cc1. The van der Waals surface area contributed by atoms with Gasteiger partial charge in [0.25, 0.3) is 5.91 Å². The van der Waals surface area contributed by atoms with Crippen LogP contribution in [0.25, 0.3) is 0 Å². The van der Waals surface area contributed by atoms with Crippen molar-refractivity contribution in [2.24, 2.45) is 0 Å². The molecule has 24 heavy (non-hydrogen) atoms. The van der Waals surface area contributed by atoms with Crippen LogP contribution in [0.4, 0.5) is 20.2 Å². The average Bonchev–Trinajstić information content (AvgIpc) is 2.59. The van der Waals surface area contributed by atoms with E-state index >= 15 is 0 Å². The summed E-state index contributed by atoms with van der Waals surface area (Å²) in [6.07, 6.45) is 2.36. The summed E-state index contributed by atoms with van der Waals surface area (Å²) < 4.78 is 27.2. The van der Waals surface area contributed by atoms with Crippen molar-refractivity contribution in [3.8, 4) is 0 Å². The van der Waals surface area contributed by atoms with Crippen molar-refractivity contribution in [2.75, 3.05) is 16.8 Å². The van der Waals surface area contributed by atoms with Crippen LogP contribution in [0, 0.1) is 11.6 Å². The van der Waals surface area contributed by atoms with E-state index < -0.39 is 23.2 Å². The average molecular weight is 330 g/mol. The van der Waals surface area contributed by atoms with E-state index in [0.29, 0.717) is 18.7 Å². The summed E-state index contributed by atoms with van der Waals surface area (Å²) in [4.78, 5) is 25.7. The van der Waals surface area contributed by atoms with Crippen LogP contribution in [0.15, 0.2) is 42.5 Å². The number of hydrogen-bond acceptors (Lipinski definition) is 2. The van der Waals surface area contributed by atoms with Gasteiger partial charge in [-0.15, -0.1) is 0 Å². The lowest BCUT2D eigenvalue weighted by Gasteiger charge is -2.26. The minimum absolute atomic E-state index is 0.0619. The molecule has 0 aliphatic carbocycles. The molecule has 1 fully saturated rings. The lowest BCUT2D eigenvalue weighted by atomic mass is 10.1. The second-order valence-electron chi connectivity index (χ2n) is 5.60. The number of nitrogens with one attached hydrogen (secondary N) is 1. The molecule has 0 bridgehead atoms. The number of carbonyl (C=O) groups excluding carboxylic acids is 2. The van der Waals surface area contributed by atoms with Crippen LogP contribution in [-0.4, -0.2) is 18.4 Å². The zero-order valence-electron chi connectivity index (χ0n) is 12.9. The van der Waals surface area contributed by atoms with Gasteiger partial charge in [0.2, 0.25) is 5.91 Å². The molecule has 4 nitrogen and oxygen atoms in total. The number of rotatable bonds is 3. The molecule has 1 aliphatic heterocycles. The van der Waals surface area contributed by atoms with Gasteiger partial charge in [0, 0.05) is 24.2 Å². The molecule has 1 N–H and O–H groups in total. The topological polar surface area (TPSA) is 49.4 Å². The Hall–Kier alpha value is -2.76. The molecular formula is C18H16F2N2O2. The van der Waals surface area contributed by atoms with Gasteiger partial charge in [-0.2, -0.15) is 0 Å². The zero-order chi connectivity index (χ0) is 17.1. The highest BCUT2D eigenvalue weighted by atomic mass is 19.1. The molecule has 0 spiro atoms. The number of nitrogens with zero attached hydrogens (tertiary/aromatic N) is 1. The Morgan fingerprint density at radius 1 is 1.00 bits per heavy atom. The van der Waals surface area contributed by atoms with Gasteiger partial charge in [0.1, 0.15) is 17.3 Å². The van der Waals surface area contributed by atoms with Crippen molar-refractivity contribution in [3.05, 3.63) is 59.7 Å². The predicted octanol–water partition coefficient (Wildman–Crippen LogP) is 3.73. The maximum Gasteiger partial charge on any atom is 0.255 e. The molecular weight excluding hydrogens is 314 g/mol. The summed E-state index contributed by atoms with van der Waals surface area (Å²) >= 11 is 0. The minimum atomic E-state index is -0.834. The summed E-state index contributed by atoms with van der Waals surface area (Å²) in [6, 6.07) is 9.76. The van der Waals surface area contributed by atoms with Gasteiger partial charge < -0.3 is 10.2 Å². The van der Waals surface area contributed by atoms with E-state index in [9.17, 15) is 18.4 Å². The summed E-state index contributed by atoms with van der Waals surface area (Å²) in [5, 5.41) is 2.23. The maximum atomic E-state index is 13.6. The first kappa shape index (κ1) is 16.1. The molecule has 1 aliphatic rings. The van der Waals surface area contributed by atoms with Crippen LogP contribution < -0.4 is 10.2 Å². The van der Waals surface area contributed by atoms with Crippen LogP contribution in [0.1, 0.15) is 29.6 Å². The van der Waals surface area contributed by atoms with Crippen LogP contribution >= 0.6 is 0 Å². The first-order chi connectivity index (χ1) is 11.6. The number of amides is 2. The molecule has 124 valence electrons. The smallest absolute Gasteiger partial charge is 0.255 e. The molecule has 1 saturated heterocycles. The number of carbonyl (C=O) groups is 2. The predicted molar refractivity (Wildman–Crippen MR) is 87.0 cm³/mol. The third kappa shape index (κ3) is 3.27. The Morgan fingerprint density at radius 3 is 2.29 bits per heavy atom. The minimum Gasteiger partial charge on any atom is -0.317 e. The van der Waals surface area contributed by atoms with Crippen LogP contribution in [0.5, 0.6) is 0 Å². The van der Waals surface area contributed by atoms with E-state index in [2.05, 4.69) is 5.32 Å². The largest absolute Gasteiger partial charge is 0.317 e. The van der Waals surface area contributed by atoms with Crippen LogP contribution in [0.3, 0.4) is 0 Å². The second-order valence-corrected chi connectivity index (χ2v) is 5.60. The zero-order valence-corrected chi connectivity index (χ0v) is 12.9. The second kappa shape index (κ2) is 6.78. The lowest BCUT2D eigenvalue weighted by Crippen LogP contribution is -2.35. The van der Waals surface area contributed by atoms with E-state index in [1.54, 1.807) is 17.0 Å². The van der Waals surface area contributed by atoms with Crippen LogP contribution in [0.2, 0.25) is 0 Å². The molecule has 3 rings (SSSR count). The molecule has 2 amide bonds. The Morgan fingerprint density at radius 2 is 1.67 bits per heavy atom. The molecule has 1 heterocycles. The summed E-state index contributed by atoms with van der Waals surface area (Å²) in [7, 11) is 0. The number of halogens is 2. The summed E-state index contributed by atoms with van der Waals surface area (Å²) in [5.74, 6) is -2.22. The number of benzene rings is 2. The Bertz CT molecular complexity index is 755. The van der Waals surface area contributed by atoms with Crippen molar-refractivity contribution in [3.63, 3.8) is 0 Å². The monoisotopic (exact) mass is 330 g/mol. The van der Waals surface area contributed by atoms with Crippen molar-refractivity contribution >= 4 is 23.2 Å². The Kier molecular flexibility index (Phi) is 4.55. The van der Waals surface area contributed by atoms with E-state index in [-0.39, 0.29) is 11.5 Å². The van der Waals surface area contributed by atoms with Gasteiger partial charge in [0.15, 0.2) is 0 Å². The lowest BCUT2D eigenvalue weighted by molar-refractivity contribution is -0.119. The summed E-state index contributed by atoms with van der Waals surface area (Å²) in [6.45, 7) is 0.658. The fraction of sp³-hybridized carbons (Fsp3) is 0.222. The molecule has 2 aromatic rings. The molecule has 0 unspecified atom stereocenters. The van der Waals surface area contributed by atoms with E-state index in [0.717, 1.165) is 25.0 Å². The highest BCUT2D eigenvalue weighted by molar-refractivity contribution is 6.05. The highest BCUT2D eigenvalue weighted by Crippen LogP contribution is 2.23. The summed E-state index contributed by atoms with van der Waals surface area (Å²) in [5.41, 5.74) is 0.497. The first-order valence-corrected chi connectivity index (χ1v) is 7.72. The maximum absolute atomic E-state index is 13.6. The molecule has 0 aromatic heterocycles. The van der Waals surface area contributed by atoms with Crippen molar-refractivity contribution in [2.45, 2.75) is 19.3 Å². The fourth-order valence-electron chi connectivity index (χ4n) is 2.67. The third-order valence-corrected chi connectivity index (χ3v) is 3.97. The Balaban J connectivity index is 1.75. The first-order valence-electron chi connectivity index (χ1n) is 7.72. The molecule has 0 atom stereocenters. The molecule has 0 saturated carbocycles. The normalized spacial score (nSPS) is 14.6. The van der Waals surface area contributed by atoms with Gasteiger partial charge in [-0.05, 0) is 49.2 Å². The van der Waals surface area contributed by atoms with Gasteiger partial charge in [0.05, 0.1) is 0 Å². The number of hydrogen-bond donors (Lipinski definition) is 1. The van der Waals surface area contributed by atoms with Crippen molar-refractivity contribution in [1.82, 2.24) is 0 Å². The number of anilines is 2. The highest BCUT2D eigenvalue weighted by Gasteiger charge is 2.20. The quantitative estimate of drug-likeness (QED) is 0.932. The van der Waals surface area contributed by atoms with E-state index in [1.807, 2.05) is 0 Å². The van der Waals surface area contributed by atoms with Gasteiger partial charge >= 0.3 is 0 Å². The van der Waals surface area contributed by atoms with Crippen molar-refractivity contribution in [1.29, 1.82) is 0 Å². The number of piperidine rings is 1. The Labute approximate surface area is 138 Å². The third-order valence-electron chi connectivity index (χ3n) is 3.97. The molecule has 2 aromatic carbocycles. The van der Waals surface area contributed by atoms with E-state index in [1.165, 1.54) is 18.2 Å². The van der Waals surface area contributed by atoms with E-state index in [4.69, 9.17) is 0 Å². The number of para-hydroxylation sites is 1. The van der Waals surface area contributed by atoms with Gasteiger partial charge in [-0.1, -0.05) is 6.07 Å². The van der Waals surface area contributed by atoms with Crippen molar-refractivity contribution < 1.29 is 18.4 Å². The molecule has 6 heteroatoms. The van der Waals surface area contributed by atoms with Crippen LogP contribution in [-0.2, 0) is 4.79 Å². The molecule has 0 radical (unpaired) electrons. The standard InChI is InChI=1S/C18H16F2N2O2/c19-14-4-3-5-15(20)17(14)21-18(24)12-7-9-13(10-8-12)22-11-2-1-6-16(22)23/h3-5,7-10H,1-2,6,11H2,(H,21,24).